The number of nitrogens with two attached hydrogens (primary N) is 1. The molecule has 1 aliphatic rings. The van der Waals surface area contributed by atoms with E-state index >= 15 is 0 Å². The first-order valence-corrected chi connectivity index (χ1v) is 5.91. The Balaban J connectivity index is 2.13. The molecule has 1 unspecified atom stereocenters. The standard InChI is InChI=1S/C9H16N4S/c1-2-8-11-9(14-12-8)13-5-3-4-7(13)6-10/h7H,2-6,10H2,1H3. The molecule has 0 aromatic carbocycles. The molecule has 1 saturated heterocycles. The normalized spacial score (nSPS) is 21.9. The zero-order valence-electron chi connectivity index (χ0n) is 8.44. The van der Waals surface area contributed by atoms with E-state index in [1.54, 1.807) is 0 Å². The maximum absolute atomic E-state index is 5.72. The molecule has 0 saturated carbocycles. The van der Waals surface area contributed by atoms with Gasteiger partial charge in [-0.2, -0.15) is 4.37 Å². The van der Waals surface area contributed by atoms with Crippen LogP contribution in [0.5, 0.6) is 0 Å². The van der Waals surface area contributed by atoms with E-state index in [2.05, 4.69) is 21.2 Å². The molecule has 1 aliphatic heterocycles. The number of aromatic nitrogens is 2. The number of aryl methyl sites for hydroxylation is 1. The molecule has 4 nitrogen and oxygen atoms in total. The van der Waals surface area contributed by atoms with Gasteiger partial charge in [-0.1, -0.05) is 6.92 Å². The summed E-state index contributed by atoms with van der Waals surface area (Å²) < 4.78 is 4.30. The van der Waals surface area contributed by atoms with Crippen molar-refractivity contribution in [2.75, 3.05) is 18.0 Å². The second-order valence-electron chi connectivity index (χ2n) is 3.57. The average molecular weight is 212 g/mol. The summed E-state index contributed by atoms with van der Waals surface area (Å²) in [5, 5.41) is 1.05. The Labute approximate surface area is 88.3 Å². The molecule has 0 aliphatic carbocycles. The fraction of sp³-hybridized carbons (Fsp3) is 0.778. The van der Waals surface area contributed by atoms with E-state index in [-0.39, 0.29) is 0 Å². The summed E-state index contributed by atoms with van der Waals surface area (Å²) in [6, 6.07) is 0.479. The number of rotatable bonds is 3. The highest BCUT2D eigenvalue weighted by Crippen LogP contribution is 2.26. The van der Waals surface area contributed by atoms with E-state index < -0.39 is 0 Å². The van der Waals surface area contributed by atoms with Crippen LogP contribution in [0.1, 0.15) is 25.6 Å². The van der Waals surface area contributed by atoms with Crippen molar-refractivity contribution in [3.63, 3.8) is 0 Å². The Morgan fingerprint density at radius 2 is 2.50 bits per heavy atom. The van der Waals surface area contributed by atoms with Crippen molar-refractivity contribution in [1.82, 2.24) is 9.36 Å². The third kappa shape index (κ3) is 1.74. The Hall–Kier alpha value is -0.680. The van der Waals surface area contributed by atoms with Crippen LogP contribution in [0.2, 0.25) is 0 Å². The molecule has 0 radical (unpaired) electrons. The summed E-state index contributed by atoms with van der Waals surface area (Å²) in [6.07, 6.45) is 3.33. The maximum atomic E-state index is 5.72. The molecule has 1 aromatic heterocycles. The van der Waals surface area contributed by atoms with Crippen molar-refractivity contribution >= 4 is 16.7 Å². The van der Waals surface area contributed by atoms with Crippen molar-refractivity contribution in [2.45, 2.75) is 32.2 Å². The van der Waals surface area contributed by atoms with E-state index in [0.29, 0.717) is 6.04 Å². The minimum absolute atomic E-state index is 0.479. The van der Waals surface area contributed by atoms with E-state index in [0.717, 1.165) is 30.5 Å². The third-order valence-electron chi connectivity index (χ3n) is 2.67. The number of nitrogens with zero attached hydrogens (tertiary/aromatic N) is 3. The van der Waals surface area contributed by atoms with Crippen LogP contribution in [0.25, 0.3) is 0 Å². The van der Waals surface area contributed by atoms with Gasteiger partial charge < -0.3 is 10.6 Å². The molecule has 2 N–H and O–H groups in total. The van der Waals surface area contributed by atoms with Crippen LogP contribution >= 0.6 is 11.5 Å². The molecule has 2 rings (SSSR count). The molecular weight excluding hydrogens is 196 g/mol. The molecule has 14 heavy (non-hydrogen) atoms. The average Bonchev–Trinajstić information content (AvgIpc) is 2.85. The second kappa shape index (κ2) is 4.23. The number of hydrogen-bond acceptors (Lipinski definition) is 5. The first-order chi connectivity index (χ1) is 6.85. The van der Waals surface area contributed by atoms with Gasteiger partial charge in [0, 0.05) is 37.1 Å². The van der Waals surface area contributed by atoms with Crippen LogP contribution in [0.4, 0.5) is 5.13 Å². The van der Waals surface area contributed by atoms with E-state index in [1.165, 1.54) is 24.4 Å². The minimum atomic E-state index is 0.479. The molecule has 78 valence electrons. The van der Waals surface area contributed by atoms with Crippen LogP contribution in [0.3, 0.4) is 0 Å². The molecule has 5 heteroatoms. The van der Waals surface area contributed by atoms with Crippen LogP contribution < -0.4 is 10.6 Å². The lowest BCUT2D eigenvalue weighted by Gasteiger charge is -2.21. The van der Waals surface area contributed by atoms with Gasteiger partial charge in [0.2, 0.25) is 5.13 Å². The van der Waals surface area contributed by atoms with Crippen LogP contribution in [0.15, 0.2) is 0 Å². The maximum Gasteiger partial charge on any atom is 0.205 e. The second-order valence-corrected chi connectivity index (χ2v) is 4.30. The molecule has 0 spiro atoms. The lowest BCUT2D eigenvalue weighted by molar-refractivity contribution is 0.675. The van der Waals surface area contributed by atoms with Crippen molar-refractivity contribution in [3.8, 4) is 0 Å². The Morgan fingerprint density at radius 1 is 1.64 bits per heavy atom. The molecule has 1 atom stereocenters. The summed E-state index contributed by atoms with van der Waals surface area (Å²) in [6.45, 7) is 3.89. The molecular formula is C9H16N4S. The van der Waals surface area contributed by atoms with Crippen molar-refractivity contribution in [1.29, 1.82) is 0 Å². The smallest absolute Gasteiger partial charge is 0.205 e. The summed E-state index contributed by atoms with van der Waals surface area (Å²) in [7, 11) is 0. The van der Waals surface area contributed by atoms with Crippen LogP contribution in [0, 0.1) is 0 Å². The molecule has 0 amide bonds. The fourth-order valence-electron chi connectivity index (χ4n) is 1.84. The van der Waals surface area contributed by atoms with Gasteiger partial charge in [-0.25, -0.2) is 4.98 Å². The predicted octanol–water partition coefficient (Wildman–Crippen LogP) is 1.03. The van der Waals surface area contributed by atoms with Gasteiger partial charge in [-0.15, -0.1) is 0 Å². The van der Waals surface area contributed by atoms with Gasteiger partial charge in [-0.05, 0) is 12.8 Å². The molecule has 1 aromatic rings. The fourth-order valence-corrected chi connectivity index (χ4v) is 2.69. The number of anilines is 1. The van der Waals surface area contributed by atoms with Gasteiger partial charge >= 0.3 is 0 Å². The Bertz CT molecular complexity index is 299. The summed E-state index contributed by atoms with van der Waals surface area (Å²) in [5.74, 6) is 0.952. The monoisotopic (exact) mass is 212 g/mol. The van der Waals surface area contributed by atoms with Gasteiger partial charge in [0.25, 0.3) is 0 Å². The third-order valence-corrected chi connectivity index (χ3v) is 3.46. The Morgan fingerprint density at radius 3 is 3.14 bits per heavy atom. The summed E-state index contributed by atoms with van der Waals surface area (Å²) in [5.41, 5.74) is 5.72. The van der Waals surface area contributed by atoms with Crippen molar-refractivity contribution in [2.24, 2.45) is 5.73 Å². The van der Waals surface area contributed by atoms with E-state index in [4.69, 9.17) is 5.73 Å². The topological polar surface area (TPSA) is 55.0 Å². The highest BCUT2D eigenvalue weighted by atomic mass is 32.1. The highest BCUT2D eigenvalue weighted by molar-refractivity contribution is 7.09. The lowest BCUT2D eigenvalue weighted by atomic mass is 10.2. The van der Waals surface area contributed by atoms with E-state index in [9.17, 15) is 0 Å². The quantitative estimate of drug-likeness (QED) is 0.813. The first-order valence-electron chi connectivity index (χ1n) is 5.14. The van der Waals surface area contributed by atoms with Gasteiger partial charge in [-0.3, -0.25) is 0 Å². The molecule has 2 heterocycles. The van der Waals surface area contributed by atoms with Gasteiger partial charge in [0.15, 0.2) is 0 Å². The lowest BCUT2D eigenvalue weighted by Crippen LogP contribution is -2.35. The minimum Gasteiger partial charge on any atom is -0.343 e. The van der Waals surface area contributed by atoms with Crippen molar-refractivity contribution < 1.29 is 0 Å². The first kappa shape index (κ1) is 9.86. The number of hydrogen-bond donors (Lipinski definition) is 1. The SMILES string of the molecule is CCc1nsc(N2CCCC2CN)n1. The molecule has 0 bridgehead atoms. The molecule has 1 fully saturated rings. The van der Waals surface area contributed by atoms with Crippen molar-refractivity contribution in [3.05, 3.63) is 5.82 Å². The zero-order chi connectivity index (χ0) is 9.97. The highest BCUT2D eigenvalue weighted by Gasteiger charge is 2.25. The Kier molecular flexibility index (Phi) is 2.98. The van der Waals surface area contributed by atoms with E-state index in [1.807, 2.05) is 0 Å². The zero-order valence-corrected chi connectivity index (χ0v) is 9.26. The predicted molar refractivity (Wildman–Crippen MR) is 58.7 cm³/mol. The summed E-state index contributed by atoms with van der Waals surface area (Å²) in [4.78, 5) is 6.79. The van der Waals surface area contributed by atoms with Gasteiger partial charge in [0.1, 0.15) is 5.82 Å². The van der Waals surface area contributed by atoms with Crippen LogP contribution in [-0.2, 0) is 6.42 Å². The van der Waals surface area contributed by atoms with Crippen LogP contribution in [-0.4, -0.2) is 28.5 Å². The summed E-state index contributed by atoms with van der Waals surface area (Å²) >= 11 is 1.50. The van der Waals surface area contributed by atoms with Gasteiger partial charge in [0.05, 0.1) is 0 Å². The largest absolute Gasteiger partial charge is 0.343 e.